The Labute approximate surface area is 195 Å². The molecule has 0 bridgehead atoms. The monoisotopic (exact) mass is 439 g/mol. The number of methoxy groups -OCH3 is 1. The minimum absolute atomic E-state index is 0.159. The summed E-state index contributed by atoms with van der Waals surface area (Å²) in [5.41, 5.74) is 2.41. The molecule has 0 N–H and O–H groups in total. The largest absolute Gasteiger partial charge is 0.497 e. The first-order valence-corrected chi connectivity index (χ1v) is 11.7. The van der Waals surface area contributed by atoms with E-state index >= 15 is 0 Å². The van der Waals surface area contributed by atoms with Gasteiger partial charge in [-0.25, -0.2) is 0 Å². The van der Waals surface area contributed by atoms with Gasteiger partial charge in [-0.2, -0.15) is 5.26 Å². The molecule has 2 aliphatic rings. The van der Waals surface area contributed by atoms with Crippen LogP contribution in [0.4, 0.5) is 0 Å². The molecule has 0 spiro atoms. The van der Waals surface area contributed by atoms with Gasteiger partial charge in [-0.15, -0.1) is 0 Å². The number of nitrogens with zero attached hydrogens (tertiary/aromatic N) is 3. The third kappa shape index (κ3) is 4.37. The predicted octanol–water partition coefficient (Wildman–Crippen LogP) is 4.64. The molecule has 1 atom stereocenters. The second-order valence-electron chi connectivity index (χ2n) is 9.13. The SMILES string of the molecule is COc1ccc2cc(C(=O)C3CN(C4CCC4)CCN3Cc3ccccc3C#N)ccc2c1. The fourth-order valence-electron chi connectivity index (χ4n) is 5.05. The summed E-state index contributed by atoms with van der Waals surface area (Å²) in [6.45, 7) is 3.17. The minimum atomic E-state index is -0.221. The van der Waals surface area contributed by atoms with E-state index in [9.17, 15) is 10.1 Å². The average Bonchev–Trinajstić information content (AvgIpc) is 2.83. The minimum Gasteiger partial charge on any atom is -0.497 e. The van der Waals surface area contributed by atoms with Crippen molar-refractivity contribution < 1.29 is 9.53 Å². The number of hydrogen-bond donors (Lipinski definition) is 0. The Balaban J connectivity index is 1.44. The molecule has 5 rings (SSSR count). The lowest BCUT2D eigenvalue weighted by atomic mass is 9.89. The summed E-state index contributed by atoms with van der Waals surface area (Å²) in [5.74, 6) is 0.971. The van der Waals surface area contributed by atoms with Crippen molar-refractivity contribution in [1.29, 1.82) is 5.26 Å². The Morgan fingerprint density at radius 3 is 2.61 bits per heavy atom. The van der Waals surface area contributed by atoms with E-state index in [1.807, 2.05) is 60.7 Å². The van der Waals surface area contributed by atoms with Gasteiger partial charge in [0.15, 0.2) is 5.78 Å². The van der Waals surface area contributed by atoms with Gasteiger partial charge in [-0.05, 0) is 53.4 Å². The van der Waals surface area contributed by atoms with Crippen LogP contribution in [0.2, 0.25) is 0 Å². The van der Waals surface area contributed by atoms with Crippen LogP contribution in [0.3, 0.4) is 0 Å². The van der Waals surface area contributed by atoms with Crippen LogP contribution in [-0.2, 0) is 6.54 Å². The molecule has 3 aromatic carbocycles. The summed E-state index contributed by atoms with van der Waals surface area (Å²) in [4.78, 5) is 18.6. The van der Waals surface area contributed by atoms with Crippen molar-refractivity contribution in [2.45, 2.75) is 37.9 Å². The van der Waals surface area contributed by atoms with E-state index < -0.39 is 0 Å². The Hall–Kier alpha value is -3.20. The van der Waals surface area contributed by atoms with Gasteiger partial charge in [0.25, 0.3) is 0 Å². The third-order valence-electron chi connectivity index (χ3n) is 7.26. The van der Waals surface area contributed by atoms with Gasteiger partial charge in [0, 0.05) is 37.8 Å². The lowest BCUT2D eigenvalue weighted by molar-refractivity contribution is 0.0206. The van der Waals surface area contributed by atoms with Gasteiger partial charge in [0.05, 0.1) is 24.8 Å². The number of Topliss-reactive ketones (excluding diaryl/α,β-unsaturated/α-hetero) is 1. The molecule has 1 aliphatic carbocycles. The van der Waals surface area contributed by atoms with Gasteiger partial charge in [0.1, 0.15) is 5.75 Å². The Morgan fingerprint density at radius 1 is 1.06 bits per heavy atom. The second kappa shape index (κ2) is 9.35. The van der Waals surface area contributed by atoms with Crippen molar-refractivity contribution in [3.8, 4) is 11.8 Å². The standard InChI is InChI=1S/C28H29N3O2/c1-33-26-12-11-20-15-22(10-9-21(20)16-26)28(32)27-19-30(25-7-4-8-25)13-14-31(27)18-24-6-3-2-5-23(24)17-29/h2-3,5-6,9-12,15-16,25,27H,4,7-8,13-14,18-19H2,1H3. The van der Waals surface area contributed by atoms with E-state index in [0.29, 0.717) is 18.2 Å². The Morgan fingerprint density at radius 2 is 1.85 bits per heavy atom. The number of fused-ring (bicyclic) bond motifs is 1. The number of ether oxygens (including phenoxy) is 1. The zero-order chi connectivity index (χ0) is 22.8. The number of piperazine rings is 1. The molecule has 0 radical (unpaired) electrons. The number of ketones is 1. The lowest BCUT2D eigenvalue weighted by Gasteiger charge is -2.46. The second-order valence-corrected chi connectivity index (χ2v) is 9.13. The first-order valence-electron chi connectivity index (χ1n) is 11.7. The molecule has 5 nitrogen and oxygen atoms in total. The van der Waals surface area contributed by atoms with Crippen LogP contribution in [0.25, 0.3) is 10.8 Å². The lowest BCUT2D eigenvalue weighted by Crippen LogP contribution is -2.59. The zero-order valence-corrected chi connectivity index (χ0v) is 19.0. The van der Waals surface area contributed by atoms with E-state index in [0.717, 1.165) is 47.3 Å². The van der Waals surface area contributed by atoms with Gasteiger partial charge < -0.3 is 4.74 Å². The van der Waals surface area contributed by atoms with Crippen molar-refractivity contribution in [2.75, 3.05) is 26.7 Å². The molecule has 5 heteroatoms. The van der Waals surface area contributed by atoms with E-state index in [1.54, 1.807) is 7.11 Å². The molecular weight excluding hydrogens is 410 g/mol. The van der Waals surface area contributed by atoms with Crippen LogP contribution >= 0.6 is 0 Å². The number of benzene rings is 3. The average molecular weight is 440 g/mol. The molecule has 33 heavy (non-hydrogen) atoms. The topological polar surface area (TPSA) is 56.6 Å². The molecule has 1 saturated heterocycles. The smallest absolute Gasteiger partial charge is 0.181 e. The highest BCUT2D eigenvalue weighted by atomic mass is 16.5. The fraction of sp³-hybridized carbons (Fsp3) is 0.357. The highest BCUT2D eigenvalue weighted by molar-refractivity contribution is 6.03. The number of rotatable bonds is 6. The normalized spacial score (nSPS) is 19.7. The summed E-state index contributed by atoms with van der Waals surface area (Å²) in [7, 11) is 1.66. The van der Waals surface area contributed by atoms with E-state index in [1.165, 1.54) is 19.3 Å². The molecule has 168 valence electrons. The Bertz CT molecular complexity index is 1210. The maximum Gasteiger partial charge on any atom is 0.181 e. The van der Waals surface area contributed by atoms with Crippen LogP contribution in [0.15, 0.2) is 60.7 Å². The number of carbonyl (C=O) groups excluding carboxylic acids is 1. The molecule has 3 aromatic rings. The summed E-state index contributed by atoms with van der Waals surface area (Å²) < 4.78 is 5.33. The van der Waals surface area contributed by atoms with Crippen molar-refractivity contribution in [3.63, 3.8) is 0 Å². The quantitative estimate of drug-likeness (QED) is 0.524. The van der Waals surface area contributed by atoms with Crippen LogP contribution < -0.4 is 4.74 Å². The molecule has 1 saturated carbocycles. The highest BCUT2D eigenvalue weighted by Gasteiger charge is 2.37. The molecule has 1 aliphatic heterocycles. The maximum atomic E-state index is 13.8. The van der Waals surface area contributed by atoms with Gasteiger partial charge in [-0.3, -0.25) is 14.6 Å². The first kappa shape index (κ1) is 21.6. The molecule has 1 unspecified atom stereocenters. The molecular formula is C28H29N3O2. The summed E-state index contributed by atoms with van der Waals surface area (Å²) in [6, 6.07) is 22.3. The molecule has 0 aromatic heterocycles. The molecule has 1 heterocycles. The van der Waals surface area contributed by atoms with E-state index in [-0.39, 0.29) is 11.8 Å². The number of hydrogen-bond acceptors (Lipinski definition) is 5. The fourth-order valence-corrected chi connectivity index (χ4v) is 5.05. The zero-order valence-electron chi connectivity index (χ0n) is 19.0. The van der Waals surface area contributed by atoms with Crippen molar-refractivity contribution in [1.82, 2.24) is 9.80 Å². The van der Waals surface area contributed by atoms with Crippen LogP contribution in [0, 0.1) is 11.3 Å². The van der Waals surface area contributed by atoms with Gasteiger partial charge >= 0.3 is 0 Å². The predicted molar refractivity (Wildman–Crippen MR) is 129 cm³/mol. The van der Waals surface area contributed by atoms with Gasteiger partial charge in [0.2, 0.25) is 0 Å². The third-order valence-corrected chi connectivity index (χ3v) is 7.26. The first-order chi connectivity index (χ1) is 16.2. The van der Waals surface area contributed by atoms with E-state index in [2.05, 4.69) is 15.9 Å². The summed E-state index contributed by atoms with van der Waals surface area (Å²) in [5, 5.41) is 11.6. The molecule has 2 fully saturated rings. The highest BCUT2D eigenvalue weighted by Crippen LogP contribution is 2.29. The van der Waals surface area contributed by atoms with Crippen LogP contribution in [0.5, 0.6) is 5.75 Å². The molecule has 0 amide bonds. The van der Waals surface area contributed by atoms with Crippen LogP contribution in [0.1, 0.15) is 40.7 Å². The number of carbonyl (C=O) groups is 1. The van der Waals surface area contributed by atoms with Crippen molar-refractivity contribution >= 4 is 16.6 Å². The van der Waals surface area contributed by atoms with Crippen LogP contribution in [-0.4, -0.2) is 54.4 Å². The number of nitriles is 1. The van der Waals surface area contributed by atoms with Crippen molar-refractivity contribution in [2.24, 2.45) is 0 Å². The van der Waals surface area contributed by atoms with Crippen molar-refractivity contribution in [3.05, 3.63) is 77.4 Å². The summed E-state index contributed by atoms with van der Waals surface area (Å²) in [6.07, 6.45) is 3.75. The maximum absolute atomic E-state index is 13.8. The van der Waals surface area contributed by atoms with Gasteiger partial charge in [-0.1, -0.05) is 42.8 Å². The summed E-state index contributed by atoms with van der Waals surface area (Å²) >= 11 is 0. The Kier molecular flexibility index (Phi) is 6.13. The van der Waals surface area contributed by atoms with E-state index in [4.69, 9.17) is 4.74 Å².